The first kappa shape index (κ1) is 12.6. The Morgan fingerprint density at radius 3 is 2.62 bits per heavy atom. The van der Waals surface area contributed by atoms with Crippen LogP contribution in [0.4, 0.5) is 0 Å². The van der Waals surface area contributed by atoms with E-state index in [2.05, 4.69) is 39.6 Å². The maximum absolute atomic E-state index is 11.5. The van der Waals surface area contributed by atoms with Gasteiger partial charge in [-0.25, -0.2) is 5.43 Å². The molecule has 4 heteroatoms. The first-order valence-electron chi connectivity index (χ1n) is 4.73. The monoisotopic (exact) mass is 280 g/mol. The van der Waals surface area contributed by atoms with Crippen LogP contribution >= 0.6 is 15.9 Å². The molecule has 84 valence electrons. The van der Waals surface area contributed by atoms with Gasteiger partial charge in [-0.2, -0.15) is 5.10 Å². The molecule has 1 amide bonds. The molecular weight excluding hydrogens is 268 g/mol. The van der Waals surface area contributed by atoms with Gasteiger partial charge in [-0.15, -0.1) is 0 Å². The van der Waals surface area contributed by atoms with Crippen molar-refractivity contribution in [3.8, 4) is 0 Å². The molecular formula is C12H13BrN2O. The van der Waals surface area contributed by atoms with Crippen molar-refractivity contribution < 1.29 is 4.79 Å². The Hall–Kier alpha value is -1.42. The average molecular weight is 281 g/mol. The number of carbonyl (C=O) groups excluding carboxylic acids is 1. The van der Waals surface area contributed by atoms with Crippen LogP contribution in [0.2, 0.25) is 0 Å². The lowest BCUT2D eigenvalue weighted by atomic mass is 9.97. The molecule has 1 aliphatic heterocycles. The highest BCUT2D eigenvalue weighted by atomic mass is 79.9. The van der Waals surface area contributed by atoms with Crippen molar-refractivity contribution in [2.75, 3.05) is 0 Å². The summed E-state index contributed by atoms with van der Waals surface area (Å²) in [5.74, 6) is -0.176. The molecule has 1 rings (SSSR count). The van der Waals surface area contributed by atoms with E-state index in [1.54, 1.807) is 31.2 Å². The average Bonchev–Trinajstić information content (AvgIpc) is 2.49. The van der Waals surface area contributed by atoms with Crippen LogP contribution in [0.1, 0.15) is 6.92 Å². The fourth-order valence-corrected chi connectivity index (χ4v) is 1.68. The number of amides is 1. The van der Waals surface area contributed by atoms with E-state index < -0.39 is 4.32 Å². The fraction of sp³-hybridized carbons (Fsp3) is 0.167. The van der Waals surface area contributed by atoms with Gasteiger partial charge < -0.3 is 0 Å². The Balaban J connectivity index is 3.11. The van der Waals surface area contributed by atoms with Crippen molar-refractivity contribution in [2.45, 2.75) is 11.2 Å². The van der Waals surface area contributed by atoms with E-state index in [9.17, 15) is 4.79 Å². The van der Waals surface area contributed by atoms with Gasteiger partial charge in [0, 0.05) is 0 Å². The van der Waals surface area contributed by atoms with E-state index in [1.807, 2.05) is 6.08 Å². The van der Waals surface area contributed by atoms with Crippen LogP contribution in [0.5, 0.6) is 0 Å². The number of halogens is 1. The van der Waals surface area contributed by atoms with Gasteiger partial charge in [0.1, 0.15) is 4.32 Å². The summed E-state index contributed by atoms with van der Waals surface area (Å²) in [5, 5.41) is 4.01. The number of rotatable bonds is 4. The van der Waals surface area contributed by atoms with E-state index >= 15 is 0 Å². The van der Waals surface area contributed by atoms with E-state index in [0.717, 1.165) is 5.57 Å². The van der Waals surface area contributed by atoms with Crippen molar-refractivity contribution in [3.63, 3.8) is 0 Å². The maximum atomic E-state index is 11.5. The van der Waals surface area contributed by atoms with E-state index in [4.69, 9.17) is 0 Å². The van der Waals surface area contributed by atoms with Gasteiger partial charge >= 0.3 is 0 Å². The number of hydrazone groups is 1. The summed E-state index contributed by atoms with van der Waals surface area (Å²) in [5.41, 5.74) is 3.89. The summed E-state index contributed by atoms with van der Waals surface area (Å²) in [4.78, 5) is 11.5. The van der Waals surface area contributed by atoms with Crippen LogP contribution in [0.25, 0.3) is 0 Å². The normalized spacial score (nSPS) is 25.5. The van der Waals surface area contributed by atoms with Gasteiger partial charge in [0.15, 0.2) is 0 Å². The molecule has 0 saturated carbocycles. The van der Waals surface area contributed by atoms with E-state index in [-0.39, 0.29) is 5.91 Å². The zero-order valence-electron chi connectivity index (χ0n) is 9.03. The minimum absolute atomic E-state index is 0.176. The maximum Gasteiger partial charge on any atom is 0.262 e. The lowest BCUT2D eigenvalue weighted by Gasteiger charge is -2.15. The number of hydrogen-bond acceptors (Lipinski definition) is 2. The van der Waals surface area contributed by atoms with Crippen LogP contribution in [-0.2, 0) is 4.79 Å². The fourth-order valence-electron chi connectivity index (χ4n) is 1.27. The Kier molecular flexibility index (Phi) is 4.01. The van der Waals surface area contributed by atoms with Gasteiger partial charge in [-0.05, 0) is 12.5 Å². The summed E-state index contributed by atoms with van der Waals surface area (Å²) in [7, 11) is 0. The second kappa shape index (κ2) is 5.07. The second-order valence-corrected chi connectivity index (χ2v) is 4.94. The molecule has 0 fully saturated rings. The molecule has 1 atom stereocenters. The molecule has 16 heavy (non-hydrogen) atoms. The molecule has 0 aromatic heterocycles. The van der Waals surface area contributed by atoms with Crippen molar-refractivity contribution in [3.05, 3.63) is 49.1 Å². The van der Waals surface area contributed by atoms with Crippen molar-refractivity contribution >= 4 is 27.5 Å². The van der Waals surface area contributed by atoms with E-state index in [1.165, 1.54) is 0 Å². The van der Waals surface area contributed by atoms with Gasteiger partial charge in [-0.1, -0.05) is 59.5 Å². The molecule has 1 unspecified atom stereocenters. The zero-order valence-corrected chi connectivity index (χ0v) is 10.6. The Labute approximate surface area is 103 Å². The third kappa shape index (κ3) is 2.39. The minimum atomic E-state index is -0.798. The predicted octanol–water partition coefficient (Wildman–Crippen LogP) is 2.48. The predicted molar refractivity (Wildman–Crippen MR) is 70.5 cm³/mol. The molecule has 3 nitrogen and oxygen atoms in total. The van der Waals surface area contributed by atoms with Crippen molar-refractivity contribution in [1.82, 2.24) is 5.43 Å². The Morgan fingerprint density at radius 1 is 1.50 bits per heavy atom. The number of alkyl halides is 1. The molecule has 1 aliphatic rings. The number of hydrogen-bond donors (Lipinski definition) is 1. The number of nitrogens with one attached hydrogen (secondary N) is 1. The topological polar surface area (TPSA) is 41.5 Å². The molecule has 1 heterocycles. The first-order chi connectivity index (χ1) is 7.54. The van der Waals surface area contributed by atoms with Crippen LogP contribution in [-0.4, -0.2) is 15.9 Å². The molecule has 0 saturated heterocycles. The molecule has 0 aliphatic carbocycles. The lowest BCUT2D eigenvalue weighted by molar-refractivity contribution is -0.120. The smallest absolute Gasteiger partial charge is 0.262 e. The highest BCUT2D eigenvalue weighted by Gasteiger charge is 2.41. The van der Waals surface area contributed by atoms with Gasteiger partial charge in [-0.3, -0.25) is 4.79 Å². The first-order valence-corrected chi connectivity index (χ1v) is 5.53. The van der Waals surface area contributed by atoms with Crippen molar-refractivity contribution in [1.29, 1.82) is 0 Å². The van der Waals surface area contributed by atoms with E-state index in [0.29, 0.717) is 5.71 Å². The summed E-state index contributed by atoms with van der Waals surface area (Å²) in [6.07, 6.45) is 8.71. The largest absolute Gasteiger partial charge is 0.271 e. The third-order valence-electron chi connectivity index (χ3n) is 2.12. The SMILES string of the molecule is C=C/C=C\C(=C/C=C)C1=NNC(=O)C1(C)Br. The molecule has 1 N–H and O–H groups in total. The minimum Gasteiger partial charge on any atom is -0.271 e. The van der Waals surface area contributed by atoms with Crippen LogP contribution in [0.3, 0.4) is 0 Å². The molecule has 0 radical (unpaired) electrons. The highest BCUT2D eigenvalue weighted by molar-refractivity contribution is 9.10. The number of nitrogens with zero attached hydrogens (tertiary/aromatic N) is 1. The van der Waals surface area contributed by atoms with Crippen molar-refractivity contribution in [2.24, 2.45) is 5.10 Å². The Bertz CT molecular complexity index is 417. The lowest BCUT2D eigenvalue weighted by Crippen LogP contribution is -2.36. The highest BCUT2D eigenvalue weighted by Crippen LogP contribution is 2.28. The Morgan fingerprint density at radius 2 is 2.19 bits per heavy atom. The summed E-state index contributed by atoms with van der Waals surface area (Å²) in [6.45, 7) is 8.99. The summed E-state index contributed by atoms with van der Waals surface area (Å²) < 4.78 is -0.798. The molecule has 0 bridgehead atoms. The third-order valence-corrected chi connectivity index (χ3v) is 2.86. The molecule has 0 spiro atoms. The number of carbonyl (C=O) groups is 1. The summed E-state index contributed by atoms with van der Waals surface area (Å²) in [6, 6.07) is 0. The second-order valence-electron chi connectivity index (χ2n) is 3.36. The molecule has 0 aromatic rings. The van der Waals surface area contributed by atoms with Gasteiger partial charge in [0.25, 0.3) is 5.91 Å². The van der Waals surface area contributed by atoms with Gasteiger partial charge in [0.05, 0.1) is 5.71 Å². The number of allylic oxidation sites excluding steroid dienone is 6. The zero-order chi connectivity index (χ0) is 12.2. The summed E-state index contributed by atoms with van der Waals surface area (Å²) >= 11 is 3.36. The van der Waals surface area contributed by atoms with Crippen LogP contribution in [0.15, 0.2) is 54.2 Å². The molecule has 0 aromatic carbocycles. The quantitative estimate of drug-likeness (QED) is 0.624. The standard InChI is InChI=1S/C12H13BrN2O/c1-4-6-8-9(7-5-2)10-12(3,13)11(16)15-14-10/h4-8H,1-2H2,3H3,(H,15,16)/b8-6-,9-7+. The van der Waals surface area contributed by atoms with Crippen LogP contribution in [0, 0.1) is 0 Å². The van der Waals surface area contributed by atoms with Gasteiger partial charge in [0.2, 0.25) is 0 Å². The van der Waals surface area contributed by atoms with Crippen LogP contribution < -0.4 is 5.43 Å².